The number of rotatable bonds is 3. The van der Waals surface area contributed by atoms with E-state index in [2.05, 4.69) is 41.0 Å². The van der Waals surface area contributed by atoms with Crippen LogP contribution in [0.25, 0.3) is 16.9 Å². The first-order valence-corrected chi connectivity index (χ1v) is 12.1. The normalized spacial score (nSPS) is 17.9. The summed E-state index contributed by atoms with van der Waals surface area (Å²) in [5, 5.41) is 10.4. The lowest BCUT2D eigenvalue weighted by atomic mass is 9.99. The van der Waals surface area contributed by atoms with Crippen molar-refractivity contribution < 1.29 is 9.53 Å². The van der Waals surface area contributed by atoms with Gasteiger partial charge >= 0.3 is 6.09 Å². The molecule has 35 heavy (non-hydrogen) atoms. The lowest BCUT2D eigenvalue weighted by Crippen LogP contribution is -2.62. The van der Waals surface area contributed by atoms with Gasteiger partial charge in [0.25, 0.3) is 0 Å². The van der Waals surface area contributed by atoms with Gasteiger partial charge in [0.1, 0.15) is 23.6 Å². The van der Waals surface area contributed by atoms with Crippen molar-refractivity contribution in [2.75, 3.05) is 24.5 Å². The lowest BCUT2D eigenvalue weighted by molar-refractivity contribution is 0.000334. The zero-order valence-corrected chi connectivity index (χ0v) is 20.9. The molecule has 0 unspecified atom stereocenters. The van der Waals surface area contributed by atoms with E-state index in [0.29, 0.717) is 36.9 Å². The summed E-state index contributed by atoms with van der Waals surface area (Å²) in [6.45, 7) is 11.6. The van der Waals surface area contributed by atoms with Crippen LogP contribution in [-0.4, -0.2) is 61.3 Å². The summed E-state index contributed by atoms with van der Waals surface area (Å²) in [5.41, 5.74) is 1.57. The van der Waals surface area contributed by atoms with Crippen molar-refractivity contribution >= 4 is 22.9 Å². The van der Waals surface area contributed by atoms with Gasteiger partial charge in [0, 0.05) is 32.0 Å². The number of aromatic nitrogens is 4. The molecule has 3 aromatic rings. The molecule has 182 valence electrons. The van der Waals surface area contributed by atoms with Gasteiger partial charge in [-0.3, -0.25) is 9.47 Å². The van der Waals surface area contributed by atoms with E-state index in [9.17, 15) is 10.1 Å². The highest BCUT2D eigenvalue weighted by molar-refractivity contribution is 5.93. The quantitative estimate of drug-likeness (QED) is 0.556. The standard InChI is InChI=1S/C26H31N7O2/c1-25(2,3)35-24(34)33-11-10-31(15-26(33,4)5)22-21-19(18-6-7-18)14-32(23(21)30-16-29-22)20-12-17(13-27)8-9-28-20/h8-9,12,14,16,18H,6-7,10-11,15H2,1-5H3. The minimum atomic E-state index is -0.540. The van der Waals surface area contributed by atoms with Gasteiger partial charge in [0.05, 0.1) is 22.6 Å². The third kappa shape index (κ3) is 4.41. The highest BCUT2D eigenvalue weighted by Crippen LogP contribution is 2.46. The molecule has 5 rings (SSSR count). The van der Waals surface area contributed by atoms with Crippen LogP contribution >= 0.6 is 0 Å². The van der Waals surface area contributed by atoms with Gasteiger partial charge in [0.2, 0.25) is 0 Å². The van der Waals surface area contributed by atoms with Crippen LogP contribution in [0.15, 0.2) is 30.9 Å². The number of ether oxygens (including phenoxy) is 1. The number of nitriles is 1. The third-order valence-electron chi connectivity index (χ3n) is 6.55. The van der Waals surface area contributed by atoms with Crippen molar-refractivity contribution in [1.82, 2.24) is 24.4 Å². The molecule has 4 heterocycles. The van der Waals surface area contributed by atoms with Crippen molar-refractivity contribution in [1.29, 1.82) is 5.26 Å². The van der Waals surface area contributed by atoms with Crippen molar-refractivity contribution in [3.63, 3.8) is 0 Å². The molecule has 1 aliphatic carbocycles. The number of hydrogen-bond donors (Lipinski definition) is 0. The third-order valence-corrected chi connectivity index (χ3v) is 6.55. The summed E-state index contributed by atoms with van der Waals surface area (Å²) in [6.07, 6.45) is 7.33. The monoisotopic (exact) mass is 473 g/mol. The van der Waals surface area contributed by atoms with Crippen LogP contribution in [0, 0.1) is 11.3 Å². The van der Waals surface area contributed by atoms with Gasteiger partial charge in [-0.2, -0.15) is 5.26 Å². The van der Waals surface area contributed by atoms with E-state index in [1.165, 1.54) is 5.56 Å². The molecule has 0 spiro atoms. The molecule has 0 N–H and O–H groups in total. The van der Waals surface area contributed by atoms with E-state index in [1.807, 2.05) is 30.2 Å². The fourth-order valence-corrected chi connectivity index (χ4v) is 4.80. The van der Waals surface area contributed by atoms with Crippen LogP contribution in [0.2, 0.25) is 0 Å². The van der Waals surface area contributed by atoms with Crippen LogP contribution in [0.3, 0.4) is 0 Å². The van der Waals surface area contributed by atoms with Crippen molar-refractivity contribution in [3.05, 3.63) is 42.0 Å². The van der Waals surface area contributed by atoms with E-state index in [1.54, 1.807) is 24.7 Å². The van der Waals surface area contributed by atoms with E-state index < -0.39 is 11.1 Å². The van der Waals surface area contributed by atoms with Gasteiger partial charge in [-0.05, 0) is 71.1 Å². The summed E-state index contributed by atoms with van der Waals surface area (Å²) in [4.78, 5) is 30.8. The molecule has 3 aromatic heterocycles. The summed E-state index contributed by atoms with van der Waals surface area (Å²) >= 11 is 0. The predicted octanol–water partition coefficient (Wildman–Crippen LogP) is 4.40. The maximum atomic E-state index is 12.9. The Morgan fingerprint density at radius 3 is 2.63 bits per heavy atom. The van der Waals surface area contributed by atoms with Crippen LogP contribution in [0.4, 0.5) is 10.6 Å². The number of fused-ring (bicyclic) bond motifs is 1. The fourth-order valence-electron chi connectivity index (χ4n) is 4.80. The largest absolute Gasteiger partial charge is 0.444 e. The lowest BCUT2D eigenvalue weighted by Gasteiger charge is -2.47. The molecule has 1 saturated carbocycles. The minimum Gasteiger partial charge on any atom is -0.444 e. The smallest absolute Gasteiger partial charge is 0.410 e. The average molecular weight is 474 g/mol. The van der Waals surface area contributed by atoms with E-state index in [0.717, 1.165) is 29.7 Å². The predicted molar refractivity (Wildman–Crippen MR) is 133 cm³/mol. The number of hydrogen-bond acceptors (Lipinski definition) is 7. The maximum Gasteiger partial charge on any atom is 0.410 e. The zero-order valence-electron chi connectivity index (χ0n) is 20.9. The Kier molecular flexibility index (Phi) is 5.42. The molecule has 9 heteroatoms. The van der Waals surface area contributed by atoms with Crippen LogP contribution in [0.5, 0.6) is 0 Å². The number of amides is 1. The van der Waals surface area contributed by atoms with Gasteiger partial charge in [-0.15, -0.1) is 0 Å². The number of carbonyl (C=O) groups excluding carboxylic acids is 1. The average Bonchev–Trinajstić information content (AvgIpc) is 3.56. The molecule has 0 radical (unpaired) electrons. The fraction of sp³-hybridized carbons (Fsp3) is 0.500. The molecule has 0 atom stereocenters. The Labute approximate surface area is 205 Å². The second-order valence-corrected chi connectivity index (χ2v) is 11.0. The van der Waals surface area contributed by atoms with E-state index in [4.69, 9.17) is 9.72 Å². The Bertz CT molecular complexity index is 1330. The van der Waals surface area contributed by atoms with Crippen molar-refractivity contribution in [2.45, 2.75) is 64.5 Å². The second-order valence-electron chi connectivity index (χ2n) is 11.0. The van der Waals surface area contributed by atoms with E-state index >= 15 is 0 Å². The molecule has 1 amide bonds. The summed E-state index contributed by atoms with van der Waals surface area (Å²) in [6, 6.07) is 5.67. The van der Waals surface area contributed by atoms with E-state index in [-0.39, 0.29) is 6.09 Å². The Hall–Kier alpha value is -3.67. The van der Waals surface area contributed by atoms with Crippen molar-refractivity contribution in [3.8, 4) is 11.9 Å². The zero-order chi connectivity index (χ0) is 25.0. The van der Waals surface area contributed by atoms with Gasteiger partial charge in [0.15, 0.2) is 5.65 Å². The molecular weight excluding hydrogens is 442 g/mol. The first-order valence-electron chi connectivity index (χ1n) is 12.1. The van der Waals surface area contributed by atoms with Crippen LogP contribution in [-0.2, 0) is 4.74 Å². The van der Waals surface area contributed by atoms with Gasteiger partial charge in [-0.25, -0.2) is 19.7 Å². The number of nitrogens with zero attached hydrogens (tertiary/aromatic N) is 7. The number of carbonyl (C=O) groups is 1. The SMILES string of the molecule is CC(C)(C)OC(=O)N1CCN(c2ncnc3c2c(C2CC2)cn3-c2cc(C#N)ccn2)CC1(C)C. The van der Waals surface area contributed by atoms with Gasteiger partial charge < -0.3 is 9.64 Å². The number of anilines is 1. The minimum absolute atomic E-state index is 0.289. The second kappa shape index (κ2) is 8.22. The summed E-state index contributed by atoms with van der Waals surface area (Å²) in [7, 11) is 0. The number of piperazine rings is 1. The van der Waals surface area contributed by atoms with Crippen LogP contribution < -0.4 is 4.90 Å². The van der Waals surface area contributed by atoms with Gasteiger partial charge in [-0.1, -0.05) is 0 Å². The topological polar surface area (TPSA) is 100 Å². The first kappa shape index (κ1) is 23.1. The highest BCUT2D eigenvalue weighted by atomic mass is 16.6. The number of pyridine rings is 1. The molecular formula is C26H31N7O2. The molecule has 1 aliphatic heterocycles. The molecule has 1 saturated heterocycles. The highest BCUT2D eigenvalue weighted by Gasteiger charge is 2.40. The Balaban J connectivity index is 1.53. The first-order chi connectivity index (χ1) is 16.6. The molecule has 2 aliphatic rings. The van der Waals surface area contributed by atoms with Crippen LogP contribution in [0.1, 0.15) is 64.5 Å². The van der Waals surface area contributed by atoms with Crippen molar-refractivity contribution in [2.24, 2.45) is 0 Å². The Morgan fingerprint density at radius 1 is 1.20 bits per heavy atom. The molecule has 0 aromatic carbocycles. The summed E-state index contributed by atoms with van der Waals surface area (Å²) in [5.74, 6) is 2.02. The maximum absolute atomic E-state index is 12.9. The molecule has 2 fully saturated rings. The summed E-state index contributed by atoms with van der Waals surface area (Å²) < 4.78 is 7.63. The Morgan fingerprint density at radius 2 is 1.97 bits per heavy atom. The molecule has 9 nitrogen and oxygen atoms in total. The molecule has 0 bridgehead atoms.